The molecule has 0 aliphatic carbocycles. The van der Waals surface area contributed by atoms with E-state index in [1.165, 1.54) is 0 Å². The zero-order chi connectivity index (χ0) is 28.0. The minimum absolute atomic E-state index is 0.167. The van der Waals surface area contributed by atoms with Crippen LogP contribution in [0.15, 0.2) is 67.1 Å². The summed E-state index contributed by atoms with van der Waals surface area (Å²) >= 11 is 0. The number of pyridine rings is 1. The van der Waals surface area contributed by atoms with E-state index in [4.69, 9.17) is 14.7 Å². The molecule has 1 saturated heterocycles. The third kappa shape index (κ3) is 6.44. The van der Waals surface area contributed by atoms with Crippen LogP contribution in [0.3, 0.4) is 0 Å². The summed E-state index contributed by atoms with van der Waals surface area (Å²) in [6.45, 7) is 7.38. The number of fused-ring (bicyclic) bond motifs is 1. The second-order valence-electron chi connectivity index (χ2n) is 10.2. The summed E-state index contributed by atoms with van der Waals surface area (Å²) in [4.78, 5) is 28.4. The molecule has 39 heavy (non-hydrogen) atoms. The van der Waals surface area contributed by atoms with E-state index < -0.39 is 0 Å². The number of nitriles is 1. The first-order valence-corrected chi connectivity index (χ1v) is 12.8. The maximum atomic E-state index is 11.4. The van der Waals surface area contributed by atoms with Gasteiger partial charge in [0.05, 0.1) is 37.0 Å². The molecule has 0 bridgehead atoms. The lowest BCUT2D eigenvalue weighted by molar-refractivity contribution is 0.0295. The predicted molar refractivity (Wildman–Crippen MR) is 150 cm³/mol. The van der Waals surface area contributed by atoms with Crippen LogP contribution < -0.4 is 4.74 Å². The molecular formula is C31H32N4O4. The molecule has 8 heteroatoms. The van der Waals surface area contributed by atoms with Crippen molar-refractivity contribution in [2.24, 2.45) is 0 Å². The molecule has 0 N–H and O–H groups in total. The number of imidazole rings is 1. The Morgan fingerprint density at radius 1 is 1.03 bits per heavy atom. The molecule has 1 aliphatic heterocycles. The number of hydrogen-bond donors (Lipinski definition) is 0. The van der Waals surface area contributed by atoms with Crippen molar-refractivity contribution in [3.05, 3.63) is 78.2 Å². The number of hydrogen-bond acceptors (Lipinski definition) is 6. The highest BCUT2D eigenvalue weighted by Crippen LogP contribution is 2.37. The fourth-order valence-corrected chi connectivity index (χ4v) is 4.41. The molecule has 0 spiro atoms. The SMILES string of the molecule is CC(C)(C)OC(=O)N1CCCC1.COc1cc(-c2ccc(C#N)cc2)c(-c2ccc(C=O)cc2)n2cncc12. The number of likely N-dealkylation sites (tertiary alicyclic amines) is 1. The van der Waals surface area contributed by atoms with E-state index in [1.54, 1.807) is 48.8 Å². The van der Waals surface area contributed by atoms with Gasteiger partial charge in [0, 0.05) is 24.2 Å². The number of nitrogens with zero attached hydrogens (tertiary/aromatic N) is 4. The molecule has 3 heterocycles. The van der Waals surface area contributed by atoms with Gasteiger partial charge in [-0.15, -0.1) is 0 Å². The molecule has 0 atom stereocenters. The first-order valence-electron chi connectivity index (χ1n) is 12.8. The molecule has 0 saturated carbocycles. The number of rotatable bonds is 4. The normalized spacial score (nSPS) is 12.8. The standard InChI is InChI=1S/C22H15N3O2.C9H17NO2/c1-27-21-10-19(17-6-2-15(11-23)3-7-17)22(25-14-24-12-20(21)25)18-8-4-16(13-26)5-9-18;1-9(2,3)12-8(11)10-6-4-5-7-10/h2-10,12-14H,1H3;4-7H2,1-3H3. The van der Waals surface area contributed by atoms with Gasteiger partial charge in [0.15, 0.2) is 0 Å². The number of carbonyl (C=O) groups is 2. The highest BCUT2D eigenvalue weighted by atomic mass is 16.6. The summed E-state index contributed by atoms with van der Waals surface area (Å²) in [6.07, 6.45) is 6.38. The lowest BCUT2D eigenvalue weighted by atomic mass is 9.97. The number of carbonyl (C=O) groups excluding carboxylic acids is 2. The second-order valence-corrected chi connectivity index (χ2v) is 10.2. The van der Waals surface area contributed by atoms with Crippen molar-refractivity contribution < 1.29 is 19.1 Å². The summed E-state index contributed by atoms with van der Waals surface area (Å²) in [7, 11) is 1.63. The maximum absolute atomic E-state index is 11.4. The molecule has 1 fully saturated rings. The number of aldehydes is 1. The lowest BCUT2D eigenvalue weighted by Gasteiger charge is -2.23. The predicted octanol–water partition coefficient (Wildman–Crippen LogP) is 6.38. The first-order chi connectivity index (χ1) is 18.7. The van der Waals surface area contributed by atoms with Crippen LogP contribution in [0.25, 0.3) is 27.9 Å². The number of methoxy groups -OCH3 is 1. The third-order valence-electron chi connectivity index (χ3n) is 6.29. The van der Waals surface area contributed by atoms with E-state index >= 15 is 0 Å². The Hall–Kier alpha value is -4.64. The van der Waals surface area contributed by atoms with Gasteiger partial charge in [-0.2, -0.15) is 5.26 Å². The van der Waals surface area contributed by atoms with Crippen molar-refractivity contribution in [1.82, 2.24) is 14.3 Å². The Balaban J connectivity index is 0.000000247. The van der Waals surface area contributed by atoms with Gasteiger partial charge in [-0.25, -0.2) is 9.78 Å². The van der Waals surface area contributed by atoms with Crippen molar-refractivity contribution in [3.63, 3.8) is 0 Å². The van der Waals surface area contributed by atoms with Crippen LogP contribution in [0.5, 0.6) is 5.75 Å². The lowest BCUT2D eigenvalue weighted by Crippen LogP contribution is -2.34. The van der Waals surface area contributed by atoms with E-state index in [-0.39, 0.29) is 11.7 Å². The fourth-order valence-electron chi connectivity index (χ4n) is 4.41. The van der Waals surface area contributed by atoms with Gasteiger partial charge in [0.1, 0.15) is 23.2 Å². The first kappa shape index (κ1) is 27.4. The molecule has 2 aromatic heterocycles. The van der Waals surface area contributed by atoms with Crippen LogP contribution in [0.2, 0.25) is 0 Å². The summed E-state index contributed by atoms with van der Waals surface area (Å²) in [5.74, 6) is 0.708. The smallest absolute Gasteiger partial charge is 0.410 e. The molecule has 4 aromatic rings. The zero-order valence-corrected chi connectivity index (χ0v) is 22.7. The van der Waals surface area contributed by atoms with Crippen LogP contribution >= 0.6 is 0 Å². The van der Waals surface area contributed by atoms with Crippen molar-refractivity contribution in [3.8, 4) is 34.2 Å². The molecule has 0 unspecified atom stereocenters. The number of ether oxygens (including phenoxy) is 2. The monoisotopic (exact) mass is 524 g/mol. The Kier molecular flexibility index (Phi) is 8.30. The third-order valence-corrected chi connectivity index (χ3v) is 6.29. The zero-order valence-electron chi connectivity index (χ0n) is 22.7. The van der Waals surface area contributed by atoms with Gasteiger partial charge in [-0.05, 0) is 62.9 Å². The Labute approximate surface area is 228 Å². The fraction of sp³-hybridized carbons (Fsp3) is 0.290. The van der Waals surface area contributed by atoms with E-state index in [0.29, 0.717) is 16.9 Å². The highest BCUT2D eigenvalue weighted by Gasteiger charge is 2.24. The van der Waals surface area contributed by atoms with E-state index in [9.17, 15) is 9.59 Å². The molecule has 2 aromatic carbocycles. The van der Waals surface area contributed by atoms with Gasteiger partial charge < -0.3 is 14.4 Å². The molecule has 200 valence electrons. The van der Waals surface area contributed by atoms with Gasteiger partial charge in [-0.3, -0.25) is 9.20 Å². The Morgan fingerprint density at radius 2 is 1.67 bits per heavy atom. The maximum Gasteiger partial charge on any atom is 0.410 e. The Bertz CT molecular complexity index is 1490. The molecular weight excluding hydrogens is 492 g/mol. The topological polar surface area (TPSA) is 96.9 Å². The second kappa shape index (κ2) is 11.8. The van der Waals surface area contributed by atoms with Gasteiger partial charge in [0.2, 0.25) is 0 Å². The average Bonchev–Trinajstić information content (AvgIpc) is 3.65. The minimum atomic E-state index is -0.361. The van der Waals surface area contributed by atoms with Gasteiger partial charge in [0.25, 0.3) is 0 Å². The largest absolute Gasteiger partial charge is 0.494 e. The summed E-state index contributed by atoms with van der Waals surface area (Å²) in [5.41, 5.74) is 5.50. The number of amides is 1. The molecule has 0 radical (unpaired) electrons. The van der Waals surface area contributed by atoms with Gasteiger partial charge >= 0.3 is 6.09 Å². The number of aromatic nitrogens is 2. The van der Waals surface area contributed by atoms with Crippen LogP contribution in [-0.4, -0.2) is 52.5 Å². The quantitative estimate of drug-likeness (QED) is 0.288. The average molecular weight is 525 g/mol. The number of benzene rings is 2. The van der Waals surface area contributed by atoms with E-state index in [0.717, 1.165) is 60.1 Å². The Morgan fingerprint density at radius 3 is 2.23 bits per heavy atom. The minimum Gasteiger partial charge on any atom is -0.494 e. The van der Waals surface area contributed by atoms with E-state index in [2.05, 4.69) is 11.1 Å². The van der Waals surface area contributed by atoms with Crippen molar-refractivity contribution in [2.75, 3.05) is 20.2 Å². The van der Waals surface area contributed by atoms with E-state index in [1.807, 2.05) is 55.5 Å². The summed E-state index contributed by atoms with van der Waals surface area (Å²) in [5, 5.41) is 9.07. The molecule has 8 nitrogen and oxygen atoms in total. The van der Waals surface area contributed by atoms with Crippen LogP contribution in [0.1, 0.15) is 49.5 Å². The van der Waals surface area contributed by atoms with Crippen LogP contribution in [0, 0.1) is 11.3 Å². The molecule has 1 amide bonds. The highest BCUT2D eigenvalue weighted by molar-refractivity contribution is 5.87. The van der Waals surface area contributed by atoms with Crippen LogP contribution in [0.4, 0.5) is 4.79 Å². The molecule has 5 rings (SSSR count). The van der Waals surface area contributed by atoms with Crippen molar-refractivity contribution >= 4 is 17.9 Å². The van der Waals surface area contributed by atoms with Gasteiger partial charge in [-0.1, -0.05) is 36.4 Å². The van der Waals surface area contributed by atoms with Crippen LogP contribution in [-0.2, 0) is 4.74 Å². The van der Waals surface area contributed by atoms with Crippen molar-refractivity contribution in [2.45, 2.75) is 39.2 Å². The molecule has 1 aliphatic rings. The summed E-state index contributed by atoms with van der Waals surface area (Å²) in [6, 6.07) is 18.9. The van der Waals surface area contributed by atoms with Crippen molar-refractivity contribution in [1.29, 1.82) is 5.26 Å². The summed E-state index contributed by atoms with van der Waals surface area (Å²) < 4.78 is 12.7.